The van der Waals surface area contributed by atoms with E-state index in [1.165, 1.54) is 41.3 Å². The smallest absolute Gasteiger partial charge is 0.405 e. The summed E-state index contributed by atoms with van der Waals surface area (Å²) >= 11 is 11.9. The zero-order valence-corrected chi connectivity index (χ0v) is 27.0. The van der Waals surface area contributed by atoms with E-state index < -0.39 is 58.7 Å². The van der Waals surface area contributed by atoms with E-state index >= 15 is 0 Å². The lowest BCUT2D eigenvalue weighted by Crippen LogP contribution is -2.56. The van der Waals surface area contributed by atoms with E-state index in [-0.39, 0.29) is 33.9 Å². The summed E-state index contributed by atoms with van der Waals surface area (Å²) in [5, 5.41) is 2.55. The molecule has 16 heteroatoms. The first-order valence-electron chi connectivity index (χ1n) is 13.7. The number of sulfonamides is 1. The van der Waals surface area contributed by atoms with Crippen molar-refractivity contribution >= 4 is 51.1 Å². The van der Waals surface area contributed by atoms with E-state index in [4.69, 9.17) is 43.1 Å². The highest BCUT2D eigenvalue weighted by molar-refractivity contribution is 7.89. The summed E-state index contributed by atoms with van der Waals surface area (Å²) in [6.45, 7) is 7.00. The van der Waals surface area contributed by atoms with E-state index in [0.29, 0.717) is 18.8 Å². The predicted octanol–water partition coefficient (Wildman–Crippen LogP) is 3.24. The molecule has 0 spiro atoms. The number of nitrogens with one attached hydrogen (secondary N) is 2. The van der Waals surface area contributed by atoms with Crippen LogP contribution in [0.5, 0.6) is 0 Å². The molecular formula is C28H37Cl2FN4O8S. The Morgan fingerprint density at radius 3 is 2.16 bits per heavy atom. The molecule has 0 bridgehead atoms. The lowest BCUT2D eigenvalue weighted by Gasteiger charge is -2.34. The van der Waals surface area contributed by atoms with Gasteiger partial charge < -0.3 is 30.2 Å². The average Bonchev–Trinajstić information content (AvgIpc) is 2.94. The van der Waals surface area contributed by atoms with Crippen LogP contribution in [0, 0.1) is 5.82 Å². The summed E-state index contributed by atoms with van der Waals surface area (Å²) in [4.78, 5) is 40.1. The predicted molar refractivity (Wildman–Crippen MR) is 162 cm³/mol. The van der Waals surface area contributed by atoms with Gasteiger partial charge in [0.15, 0.2) is 12.4 Å². The molecule has 2 aromatic rings. The number of rotatable bonds is 17. The van der Waals surface area contributed by atoms with Crippen LogP contribution in [0.1, 0.15) is 33.3 Å². The van der Waals surface area contributed by atoms with Gasteiger partial charge in [0.2, 0.25) is 15.9 Å². The number of ether oxygens (including phenoxy) is 3. The molecule has 2 unspecified atom stereocenters. The number of primary amides is 1. The van der Waals surface area contributed by atoms with Gasteiger partial charge in [0, 0.05) is 30.7 Å². The highest BCUT2D eigenvalue weighted by Crippen LogP contribution is 2.24. The Balaban J connectivity index is 2.37. The molecule has 3 amide bonds. The van der Waals surface area contributed by atoms with Gasteiger partial charge in [-0.2, -0.15) is 0 Å². The number of hydrogen-bond donors (Lipinski definition) is 3. The number of carbonyl (C=O) groups is 3. The second-order valence-electron chi connectivity index (χ2n) is 9.67. The summed E-state index contributed by atoms with van der Waals surface area (Å²) in [6.07, 6.45) is -3.99. The molecule has 12 nitrogen and oxygen atoms in total. The van der Waals surface area contributed by atoms with Gasteiger partial charge in [-0.25, -0.2) is 22.3 Å². The van der Waals surface area contributed by atoms with Gasteiger partial charge in [-0.15, -0.1) is 0 Å². The van der Waals surface area contributed by atoms with Crippen LogP contribution < -0.4 is 15.8 Å². The second-order valence-corrected chi connectivity index (χ2v) is 12.2. The molecule has 0 fully saturated rings. The van der Waals surface area contributed by atoms with Crippen molar-refractivity contribution in [2.45, 2.75) is 63.5 Å². The number of carbonyl (C=O) groups excluding carboxylic acids is 3. The molecule has 2 atom stereocenters. The molecule has 0 saturated heterocycles. The van der Waals surface area contributed by atoms with Crippen molar-refractivity contribution in [1.29, 1.82) is 0 Å². The van der Waals surface area contributed by atoms with Gasteiger partial charge in [0.25, 0.3) is 5.91 Å². The molecule has 0 aliphatic rings. The normalized spacial score (nSPS) is 13.0. The molecule has 0 saturated carbocycles. The molecule has 0 aromatic heterocycles. The van der Waals surface area contributed by atoms with Crippen molar-refractivity contribution in [3.8, 4) is 0 Å². The zero-order chi connectivity index (χ0) is 33.0. The molecule has 44 heavy (non-hydrogen) atoms. The first-order valence-corrected chi connectivity index (χ1v) is 15.9. The minimum absolute atomic E-state index is 0.0246. The summed E-state index contributed by atoms with van der Waals surface area (Å²) in [5.74, 6) is -2.07. The Labute approximate surface area is 266 Å². The van der Waals surface area contributed by atoms with Gasteiger partial charge in [-0.1, -0.05) is 35.3 Å². The lowest BCUT2D eigenvalue weighted by atomic mass is 10.0. The number of amides is 3. The van der Waals surface area contributed by atoms with Crippen LogP contribution in [0.2, 0.25) is 10.0 Å². The van der Waals surface area contributed by atoms with E-state index in [1.807, 2.05) is 0 Å². The highest BCUT2D eigenvalue weighted by Gasteiger charge is 2.34. The molecular weight excluding hydrogens is 642 g/mol. The SMILES string of the molecule is CCOC(CN(C(=O)C(Cc1ccc(F)cc1)NC(=O)C(CNS(=O)(=O)c1ccc(Cl)cc1Cl)OC(N)=O)C(C)C)OCC. The third kappa shape index (κ3) is 11.5. The largest absolute Gasteiger partial charge is 0.435 e. The Kier molecular flexibility index (Phi) is 14.8. The Morgan fingerprint density at radius 1 is 1.02 bits per heavy atom. The number of halogens is 3. The van der Waals surface area contributed by atoms with Crippen LogP contribution in [-0.2, 0) is 40.2 Å². The zero-order valence-electron chi connectivity index (χ0n) is 24.7. The minimum atomic E-state index is -4.31. The molecule has 2 rings (SSSR count). The average molecular weight is 680 g/mol. The van der Waals surface area contributed by atoms with Crippen molar-refractivity contribution in [3.63, 3.8) is 0 Å². The van der Waals surface area contributed by atoms with Crippen LogP contribution in [0.25, 0.3) is 0 Å². The van der Waals surface area contributed by atoms with Crippen molar-refractivity contribution in [2.24, 2.45) is 5.73 Å². The van der Waals surface area contributed by atoms with Crippen molar-refractivity contribution in [1.82, 2.24) is 14.9 Å². The van der Waals surface area contributed by atoms with Crippen LogP contribution >= 0.6 is 23.2 Å². The Hall–Kier alpha value is -3.01. The van der Waals surface area contributed by atoms with Gasteiger partial charge in [-0.05, 0) is 63.6 Å². The number of hydrogen-bond acceptors (Lipinski definition) is 8. The fourth-order valence-electron chi connectivity index (χ4n) is 4.05. The topological polar surface area (TPSA) is 166 Å². The van der Waals surface area contributed by atoms with Crippen LogP contribution in [0.4, 0.5) is 9.18 Å². The number of nitrogens with zero attached hydrogens (tertiary/aromatic N) is 1. The maximum Gasteiger partial charge on any atom is 0.405 e. The Morgan fingerprint density at radius 2 is 1.64 bits per heavy atom. The summed E-state index contributed by atoms with van der Waals surface area (Å²) in [7, 11) is -4.31. The lowest BCUT2D eigenvalue weighted by molar-refractivity contribution is -0.163. The molecule has 0 aliphatic heterocycles. The van der Waals surface area contributed by atoms with Crippen molar-refractivity contribution in [3.05, 3.63) is 63.9 Å². The Bertz CT molecular complexity index is 1380. The number of benzene rings is 2. The molecule has 0 heterocycles. The maximum atomic E-state index is 13.9. The quantitative estimate of drug-likeness (QED) is 0.215. The van der Waals surface area contributed by atoms with E-state index in [2.05, 4.69) is 10.0 Å². The van der Waals surface area contributed by atoms with E-state index in [9.17, 15) is 27.2 Å². The summed E-state index contributed by atoms with van der Waals surface area (Å²) < 4.78 is 57.6. The molecule has 2 aromatic carbocycles. The molecule has 0 aliphatic carbocycles. The van der Waals surface area contributed by atoms with Gasteiger partial charge in [0.1, 0.15) is 16.8 Å². The van der Waals surface area contributed by atoms with Crippen molar-refractivity contribution in [2.75, 3.05) is 26.3 Å². The highest BCUT2D eigenvalue weighted by atomic mass is 35.5. The fourth-order valence-corrected chi connectivity index (χ4v) is 5.85. The summed E-state index contributed by atoms with van der Waals surface area (Å²) in [6, 6.07) is 7.36. The first kappa shape index (κ1) is 37.2. The van der Waals surface area contributed by atoms with Gasteiger partial charge in [-0.3, -0.25) is 9.59 Å². The molecule has 4 N–H and O–H groups in total. The number of nitrogens with two attached hydrogens (primary N) is 1. The van der Waals surface area contributed by atoms with Crippen LogP contribution in [0.15, 0.2) is 47.4 Å². The third-order valence-electron chi connectivity index (χ3n) is 6.12. The van der Waals surface area contributed by atoms with Crippen molar-refractivity contribution < 1.29 is 41.4 Å². The fraction of sp³-hybridized carbons (Fsp3) is 0.464. The van der Waals surface area contributed by atoms with Gasteiger partial charge in [0.05, 0.1) is 18.1 Å². The van der Waals surface area contributed by atoms with E-state index in [1.54, 1.807) is 27.7 Å². The standard InChI is InChI=1S/C28H37Cl2FN4O8S/c1-5-41-25(42-6-2)16-35(17(3)4)27(37)22(13-18-7-10-20(31)11-8-18)34-26(36)23(43-28(32)38)15-33-44(39,40)24-12-9-19(29)14-21(24)30/h7-12,14,17,22-23,25,33H,5-6,13,15-16H2,1-4H3,(H2,32,38)(H,34,36). The summed E-state index contributed by atoms with van der Waals surface area (Å²) in [5.41, 5.74) is 5.66. The van der Waals surface area contributed by atoms with Gasteiger partial charge >= 0.3 is 6.09 Å². The molecule has 244 valence electrons. The maximum absolute atomic E-state index is 13.9. The molecule has 0 radical (unpaired) electrons. The third-order valence-corrected chi connectivity index (χ3v) is 8.26. The second kappa shape index (κ2) is 17.5. The minimum Gasteiger partial charge on any atom is -0.435 e. The van der Waals surface area contributed by atoms with Crippen LogP contribution in [-0.4, -0.2) is 82.0 Å². The first-order chi connectivity index (χ1) is 20.7. The monoisotopic (exact) mass is 678 g/mol. The van der Waals surface area contributed by atoms with Crippen LogP contribution in [0.3, 0.4) is 0 Å². The van der Waals surface area contributed by atoms with E-state index in [0.717, 1.165) is 6.07 Å².